The third-order valence-corrected chi connectivity index (χ3v) is 7.18. The first-order chi connectivity index (χ1) is 13.7. The number of rotatable bonds is 5. The summed E-state index contributed by atoms with van der Waals surface area (Å²) in [6.07, 6.45) is 5.61. The van der Waals surface area contributed by atoms with E-state index in [0.717, 1.165) is 31.5 Å². The fraction of sp³-hybridized carbons (Fsp3) is 0.158. The van der Waals surface area contributed by atoms with Crippen molar-refractivity contribution in [2.45, 2.75) is 24.4 Å². The van der Waals surface area contributed by atoms with E-state index < -0.39 is 0 Å². The van der Waals surface area contributed by atoms with Crippen LogP contribution in [-0.2, 0) is 12.3 Å². The van der Waals surface area contributed by atoms with Crippen molar-refractivity contribution in [1.29, 1.82) is 0 Å². The van der Waals surface area contributed by atoms with Crippen LogP contribution in [0.2, 0.25) is 0 Å². The van der Waals surface area contributed by atoms with E-state index in [-0.39, 0.29) is 5.56 Å². The molecule has 0 atom stereocenters. The number of aromatic nitrogens is 5. The van der Waals surface area contributed by atoms with Crippen molar-refractivity contribution in [2.24, 2.45) is 0 Å². The summed E-state index contributed by atoms with van der Waals surface area (Å²) in [5.74, 6) is 1.30. The van der Waals surface area contributed by atoms with Crippen molar-refractivity contribution in [2.75, 3.05) is 0 Å². The Labute approximate surface area is 172 Å². The quantitative estimate of drug-likeness (QED) is 0.305. The SMILES string of the molecule is CCn1c(SCc2cn3cccnc3n2)nc2scc(-c3cccs3)c2c1=O. The Bertz CT molecular complexity index is 1300. The molecule has 0 fully saturated rings. The highest BCUT2D eigenvalue weighted by molar-refractivity contribution is 7.98. The Hall–Kier alpha value is -2.49. The Morgan fingerprint density at radius 1 is 1.21 bits per heavy atom. The standard InChI is InChI=1S/C19H15N5OS3/c1-2-24-17(25)15-13(14-5-3-8-26-14)11-27-16(15)22-19(24)28-10-12-9-23-7-4-6-20-18(23)21-12/h3-9,11H,2,10H2,1H3. The minimum atomic E-state index is 0.0244. The smallest absolute Gasteiger partial charge is 0.263 e. The van der Waals surface area contributed by atoms with Crippen LogP contribution in [-0.4, -0.2) is 23.9 Å². The predicted molar refractivity (Wildman–Crippen MR) is 115 cm³/mol. The lowest BCUT2D eigenvalue weighted by atomic mass is 10.2. The molecule has 0 aliphatic carbocycles. The number of thiophene rings is 2. The van der Waals surface area contributed by atoms with Gasteiger partial charge in [0.25, 0.3) is 5.56 Å². The number of nitrogens with zero attached hydrogens (tertiary/aromatic N) is 5. The minimum Gasteiger partial charge on any atom is -0.291 e. The minimum absolute atomic E-state index is 0.0244. The van der Waals surface area contributed by atoms with Gasteiger partial charge in [-0.15, -0.1) is 22.7 Å². The van der Waals surface area contributed by atoms with Crippen LogP contribution in [0.15, 0.2) is 57.5 Å². The molecule has 0 amide bonds. The van der Waals surface area contributed by atoms with Crippen molar-refractivity contribution >= 4 is 50.4 Å². The Morgan fingerprint density at radius 3 is 2.93 bits per heavy atom. The summed E-state index contributed by atoms with van der Waals surface area (Å²) in [6, 6.07) is 5.92. The molecule has 0 spiro atoms. The molecular weight excluding hydrogens is 410 g/mol. The molecule has 9 heteroatoms. The average molecular weight is 426 g/mol. The average Bonchev–Trinajstić information content (AvgIpc) is 3.44. The van der Waals surface area contributed by atoms with Gasteiger partial charge in [0.2, 0.25) is 5.78 Å². The molecule has 140 valence electrons. The first-order valence-corrected chi connectivity index (χ1v) is 11.5. The molecule has 5 heterocycles. The van der Waals surface area contributed by atoms with Crippen LogP contribution in [0.1, 0.15) is 12.6 Å². The number of hydrogen-bond donors (Lipinski definition) is 0. The molecule has 0 saturated carbocycles. The highest BCUT2D eigenvalue weighted by Gasteiger charge is 2.17. The Morgan fingerprint density at radius 2 is 2.14 bits per heavy atom. The van der Waals surface area contributed by atoms with Crippen LogP contribution in [0.5, 0.6) is 0 Å². The largest absolute Gasteiger partial charge is 0.291 e. The van der Waals surface area contributed by atoms with Crippen molar-refractivity contribution in [3.05, 3.63) is 63.6 Å². The van der Waals surface area contributed by atoms with Crippen LogP contribution in [0, 0.1) is 0 Å². The summed E-state index contributed by atoms with van der Waals surface area (Å²) >= 11 is 4.70. The molecule has 6 nitrogen and oxygen atoms in total. The van der Waals surface area contributed by atoms with Crippen LogP contribution < -0.4 is 5.56 Å². The molecule has 0 radical (unpaired) electrons. The normalized spacial score (nSPS) is 11.6. The van der Waals surface area contributed by atoms with E-state index in [1.54, 1.807) is 22.1 Å². The molecule has 0 saturated heterocycles. The molecule has 0 aliphatic heterocycles. The summed E-state index contributed by atoms with van der Waals surface area (Å²) in [4.78, 5) is 28.7. The van der Waals surface area contributed by atoms with Gasteiger partial charge in [0.05, 0.1) is 11.1 Å². The van der Waals surface area contributed by atoms with E-state index in [0.29, 0.717) is 18.1 Å². The van der Waals surface area contributed by atoms with E-state index >= 15 is 0 Å². The summed E-state index contributed by atoms with van der Waals surface area (Å²) < 4.78 is 3.65. The van der Waals surface area contributed by atoms with Gasteiger partial charge in [-0.25, -0.2) is 15.0 Å². The van der Waals surface area contributed by atoms with Gasteiger partial charge in [0.1, 0.15) is 4.83 Å². The third kappa shape index (κ3) is 2.95. The summed E-state index contributed by atoms with van der Waals surface area (Å²) in [7, 11) is 0. The van der Waals surface area contributed by atoms with E-state index in [2.05, 4.69) is 9.97 Å². The molecule has 28 heavy (non-hydrogen) atoms. The Balaban J connectivity index is 1.53. The number of thioether (sulfide) groups is 1. The second-order valence-corrected chi connectivity index (χ2v) is 8.85. The van der Waals surface area contributed by atoms with Gasteiger partial charge in [0, 0.05) is 46.7 Å². The van der Waals surface area contributed by atoms with Crippen LogP contribution >= 0.6 is 34.4 Å². The zero-order valence-electron chi connectivity index (χ0n) is 14.9. The lowest BCUT2D eigenvalue weighted by molar-refractivity contribution is 0.635. The molecule has 0 aliphatic rings. The fourth-order valence-corrected chi connectivity index (χ4v) is 5.85. The molecule has 0 unspecified atom stereocenters. The molecule has 5 aromatic heterocycles. The topological polar surface area (TPSA) is 65.1 Å². The van der Waals surface area contributed by atoms with E-state index in [4.69, 9.17) is 4.98 Å². The number of imidazole rings is 1. The summed E-state index contributed by atoms with van der Waals surface area (Å²) in [5.41, 5.74) is 1.92. The highest BCUT2D eigenvalue weighted by atomic mass is 32.2. The summed E-state index contributed by atoms with van der Waals surface area (Å²) in [5, 5.41) is 5.51. The van der Waals surface area contributed by atoms with Gasteiger partial charge < -0.3 is 0 Å². The molecule has 5 aromatic rings. The van der Waals surface area contributed by atoms with Crippen LogP contribution in [0.25, 0.3) is 26.4 Å². The van der Waals surface area contributed by atoms with Crippen LogP contribution in [0.4, 0.5) is 0 Å². The highest BCUT2D eigenvalue weighted by Crippen LogP contribution is 2.34. The maximum atomic E-state index is 13.2. The maximum Gasteiger partial charge on any atom is 0.263 e. The van der Waals surface area contributed by atoms with Gasteiger partial charge in [0.15, 0.2) is 5.16 Å². The lowest BCUT2D eigenvalue weighted by Crippen LogP contribution is -2.22. The predicted octanol–water partition coefficient (Wildman–Crippen LogP) is 4.54. The fourth-order valence-electron chi connectivity index (χ4n) is 3.10. The molecular formula is C19H15N5OS3. The zero-order valence-corrected chi connectivity index (χ0v) is 17.4. The van der Waals surface area contributed by atoms with Crippen molar-refractivity contribution in [3.8, 4) is 10.4 Å². The number of hydrogen-bond acceptors (Lipinski definition) is 7. The van der Waals surface area contributed by atoms with Gasteiger partial charge in [-0.05, 0) is 24.4 Å². The third-order valence-electron chi connectivity index (χ3n) is 4.40. The van der Waals surface area contributed by atoms with E-state index in [1.807, 2.05) is 52.7 Å². The van der Waals surface area contributed by atoms with Crippen molar-refractivity contribution in [1.82, 2.24) is 23.9 Å². The summed E-state index contributed by atoms with van der Waals surface area (Å²) in [6.45, 7) is 2.56. The van der Waals surface area contributed by atoms with Crippen molar-refractivity contribution in [3.63, 3.8) is 0 Å². The molecule has 0 aromatic carbocycles. The number of fused-ring (bicyclic) bond motifs is 2. The van der Waals surface area contributed by atoms with Crippen molar-refractivity contribution < 1.29 is 0 Å². The van der Waals surface area contributed by atoms with Gasteiger partial charge in [-0.1, -0.05) is 17.8 Å². The zero-order chi connectivity index (χ0) is 19.1. The molecule has 0 bridgehead atoms. The van der Waals surface area contributed by atoms with Gasteiger partial charge in [-0.3, -0.25) is 13.8 Å². The monoisotopic (exact) mass is 425 g/mol. The molecule has 0 N–H and O–H groups in total. The first-order valence-electron chi connectivity index (χ1n) is 8.72. The van der Waals surface area contributed by atoms with E-state index in [9.17, 15) is 4.79 Å². The second kappa shape index (κ2) is 7.16. The first kappa shape index (κ1) is 17.6. The maximum absolute atomic E-state index is 13.2. The van der Waals surface area contributed by atoms with E-state index in [1.165, 1.54) is 23.1 Å². The van der Waals surface area contributed by atoms with Crippen LogP contribution in [0.3, 0.4) is 0 Å². The molecule has 5 rings (SSSR count). The lowest BCUT2D eigenvalue weighted by Gasteiger charge is -2.09. The Kier molecular flexibility index (Phi) is 4.50. The van der Waals surface area contributed by atoms with Gasteiger partial charge in [-0.2, -0.15) is 0 Å². The van der Waals surface area contributed by atoms with Gasteiger partial charge >= 0.3 is 0 Å². The second-order valence-electron chi connectivity index (χ2n) is 6.10.